The first-order chi connectivity index (χ1) is 8.99. The van der Waals surface area contributed by atoms with Gasteiger partial charge in [0.15, 0.2) is 0 Å². The Hall–Kier alpha value is -1.95. The van der Waals surface area contributed by atoms with Gasteiger partial charge in [0.25, 0.3) is 5.91 Å². The van der Waals surface area contributed by atoms with Crippen molar-refractivity contribution in [3.63, 3.8) is 0 Å². The maximum Gasteiger partial charge on any atom is 0.251 e. The minimum Gasteiger partial charge on any atom is -0.378 e. The first-order valence-corrected chi connectivity index (χ1v) is 6.63. The number of aromatic nitrogens is 1. The highest BCUT2D eigenvalue weighted by Crippen LogP contribution is 2.25. The molecule has 1 amide bonds. The van der Waals surface area contributed by atoms with Crippen molar-refractivity contribution in [2.45, 2.75) is 19.9 Å². The summed E-state index contributed by atoms with van der Waals surface area (Å²) in [7, 11) is 0. The monoisotopic (exact) mass is 279 g/mol. The molecule has 6 heteroatoms. The van der Waals surface area contributed by atoms with Crippen LogP contribution < -0.4 is 11.1 Å². The van der Waals surface area contributed by atoms with Gasteiger partial charge in [-0.2, -0.15) is 0 Å². The fourth-order valence-electron chi connectivity index (χ4n) is 1.85. The second kappa shape index (κ2) is 5.36. The average molecular weight is 279 g/mol. The van der Waals surface area contributed by atoms with E-state index in [9.17, 15) is 9.18 Å². The molecule has 4 nitrogen and oxygen atoms in total. The van der Waals surface area contributed by atoms with Crippen LogP contribution in [0.1, 0.15) is 33.9 Å². The first kappa shape index (κ1) is 13.5. The number of carbonyl (C=O) groups excluding carboxylic acids is 1. The second-order valence-electron chi connectivity index (χ2n) is 4.23. The molecule has 0 saturated carbocycles. The number of amides is 1. The van der Waals surface area contributed by atoms with Crippen molar-refractivity contribution >= 4 is 22.9 Å². The minimum absolute atomic E-state index is 0.0266. The highest BCUT2D eigenvalue weighted by Gasteiger charge is 2.13. The maximum atomic E-state index is 13.4. The van der Waals surface area contributed by atoms with Crippen LogP contribution in [0.5, 0.6) is 0 Å². The summed E-state index contributed by atoms with van der Waals surface area (Å²) in [5.74, 6) is -1.39. The molecular weight excluding hydrogens is 265 g/mol. The molecule has 0 aliphatic rings. The second-order valence-corrected chi connectivity index (χ2v) is 5.11. The van der Waals surface area contributed by atoms with Crippen molar-refractivity contribution < 1.29 is 9.18 Å². The zero-order chi connectivity index (χ0) is 14.0. The molecule has 2 rings (SSSR count). The van der Waals surface area contributed by atoms with E-state index in [0.717, 1.165) is 10.6 Å². The number of nitrogens with two attached hydrogens (primary N) is 1. The predicted octanol–water partition coefficient (Wildman–Crippen LogP) is 2.86. The summed E-state index contributed by atoms with van der Waals surface area (Å²) in [6.07, 6.45) is 0. The Morgan fingerprint density at radius 1 is 1.53 bits per heavy atom. The van der Waals surface area contributed by atoms with E-state index in [1.54, 1.807) is 22.9 Å². The Morgan fingerprint density at radius 2 is 2.26 bits per heavy atom. The standard InChI is InChI=1S/C13H14FN3OS/c1-7-12(19-6-16-7)8(2)17-9-3-4-11(14)10(5-9)13(15)18/h3-6,8,17H,1-2H3,(H2,15,18). The van der Waals surface area contributed by atoms with Crippen LogP contribution in [0.15, 0.2) is 23.7 Å². The number of carbonyl (C=O) groups is 1. The molecule has 1 unspecified atom stereocenters. The third-order valence-corrected chi connectivity index (χ3v) is 3.90. The van der Waals surface area contributed by atoms with Gasteiger partial charge in [-0.05, 0) is 32.0 Å². The number of nitrogens with one attached hydrogen (secondary N) is 1. The number of halogens is 1. The highest BCUT2D eigenvalue weighted by atomic mass is 32.1. The van der Waals surface area contributed by atoms with Crippen molar-refractivity contribution in [1.82, 2.24) is 4.98 Å². The van der Waals surface area contributed by atoms with Gasteiger partial charge in [0.1, 0.15) is 5.82 Å². The van der Waals surface area contributed by atoms with Crippen molar-refractivity contribution in [3.05, 3.63) is 45.7 Å². The molecule has 2 aromatic rings. The minimum atomic E-state index is -0.775. The Labute approximate surface area is 114 Å². The van der Waals surface area contributed by atoms with E-state index in [-0.39, 0.29) is 11.6 Å². The Balaban J connectivity index is 2.22. The zero-order valence-electron chi connectivity index (χ0n) is 10.6. The topological polar surface area (TPSA) is 68.0 Å². The van der Waals surface area contributed by atoms with E-state index in [1.165, 1.54) is 12.1 Å². The molecule has 0 spiro atoms. The lowest BCUT2D eigenvalue weighted by molar-refractivity contribution is 0.0996. The van der Waals surface area contributed by atoms with Crippen LogP contribution in [0.3, 0.4) is 0 Å². The van der Waals surface area contributed by atoms with Gasteiger partial charge in [0, 0.05) is 10.6 Å². The number of hydrogen-bond donors (Lipinski definition) is 2. The van der Waals surface area contributed by atoms with Crippen LogP contribution in [0.4, 0.5) is 10.1 Å². The fourth-order valence-corrected chi connectivity index (χ4v) is 2.66. The summed E-state index contributed by atoms with van der Waals surface area (Å²) < 4.78 is 13.4. The molecule has 0 bridgehead atoms. The number of aryl methyl sites for hydroxylation is 1. The molecule has 0 aliphatic carbocycles. The smallest absolute Gasteiger partial charge is 0.251 e. The Kier molecular flexibility index (Phi) is 3.80. The van der Waals surface area contributed by atoms with Crippen LogP contribution in [-0.4, -0.2) is 10.9 Å². The molecule has 100 valence electrons. The van der Waals surface area contributed by atoms with Gasteiger partial charge in [-0.1, -0.05) is 0 Å². The highest BCUT2D eigenvalue weighted by molar-refractivity contribution is 7.09. The van der Waals surface area contributed by atoms with Crippen molar-refractivity contribution in [2.24, 2.45) is 5.73 Å². The van der Waals surface area contributed by atoms with Crippen LogP contribution in [0, 0.1) is 12.7 Å². The Bertz CT molecular complexity index is 612. The maximum absolute atomic E-state index is 13.4. The summed E-state index contributed by atoms with van der Waals surface area (Å²) >= 11 is 1.55. The first-order valence-electron chi connectivity index (χ1n) is 5.75. The van der Waals surface area contributed by atoms with E-state index >= 15 is 0 Å². The zero-order valence-corrected chi connectivity index (χ0v) is 11.4. The number of hydrogen-bond acceptors (Lipinski definition) is 4. The number of thiazole rings is 1. The summed E-state index contributed by atoms with van der Waals surface area (Å²) in [6.45, 7) is 3.91. The number of anilines is 1. The average Bonchev–Trinajstić information content (AvgIpc) is 2.77. The van der Waals surface area contributed by atoms with Gasteiger partial charge in [0.2, 0.25) is 0 Å². The summed E-state index contributed by atoms with van der Waals surface area (Å²) in [6, 6.07) is 4.26. The summed E-state index contributed by atoms with van der Waals surface area (Å²) in [5.41, 5.74) is 8.39. The molecule has 1 heterocycles. The van der Waals surface area contributed by atoms with Gasteiger partial charge in [0.05, 0.1) is 22.8 Å². The van der Waals surface area contributed by atoms with Gasteiger partial charge in [-0.15, -0.1) is 11.3 Å². The van der Waals surface area contributed by atoms with E-state index in [0.29, 0.717) is 5.69 Å². The van der Waals surface area contributed by atoms with Crippen LogP contribution in [0.25, 0.3) is 0 Å². The van der Waals surface area contributed by atoms with Crippen molar-refractivity contribution in [3.8, 4) is 0 Å². The number of benzene rings is 1. The van der Waals surface area contributed by atoms with E-state index in [2.05, 4.69) is 10.3 Å². The molecule has 1 aromatic carbocycles. The molecule has 1 aromatic heterocycles. The van der Waals surface area contributed by atoms with Gasteiger partial charge < -0.3 is 11.1 Å². The van der Waals surface area contributed by atoms with E-state index < -0.39 is 11.7 Å². The lowest BCUT2D eigenvalue weighted by atomic mass is 10.1. The number of rotatable bonds is 4. The summed E-state index contributed by atoms with van der Waals surface area (Å²) in [4.78, 5) is 16.4. The van der Waals surface area contributed by atoms with Crippen LogP contribution in [0.2, 0.25) is 0 Å². The Morgan fingerprint density at radius 3 is 2.84 bits per heavy atom. The third kappa shape index (κ3) is 2.90. The molecule has 0 fully saturated rings. The lowest BCUT2D eigenvalue weighted by Crippen LogP contribution is -2.14. The molecule has 1 atom stereocenters. The van der Waals surface area contributed by atoms with E-state index in [1.807, 2.05) is 13.8 Å². The molecule has 19 heavy (non-hydrogen) atoms. The number of primary amides is 1. The van der Waals surface area contributed by atoms with Crippen LogP contribution in [-0.2, 0) is 0 Å². The van der Waals surface area contributed by atoms with Crippen molar-refractivity contribution in [1.29, 1.82) is 0 Å². The van der Waals surface area contributed by atoms with Gasteiger partial charge in [-0.3, -0.25) is 4.79 Å². The predicted molar refractivity (Wildman–Crippen MR) is 73.8 cm³/mol. The van der Waals surface area contributed by atoms with Gasteiger partial charge in [-0.25, -0.2) is 9.37 Å². The molecule has 0 aliphatic heterocycles. The normalized spacial score (nSPS) is 12.2. The van der Waals surface area contributed by atoms with Gasteiger partial charge >= 0.3 is 0 Å². The van der Waals surface area contributed by atoms with E-state index in [4.69, 9.17) is 5.73 Å². The summed E-state index contributed by atoms with van der Waals surface area (Å²) in [5, 5.41) is 3.20. The quantitative estimate of drug-likeness (QED) is 0.904. The number of nitrogens with zero attached hydrogens (tertiary/aromatic N) is 1. The van der Waals surface area contributed by atoms with Crippen LogP contribution >= 0.6 is 11.3 Å². The largest absolute Gasteiger partial charge is 0.378 e. The third-order valence-electron chi connectivity index (χ3n) is 2.79. The molecule has 0 radical (unpaired) electrons. The molecule has 0 saturated heterocycles. The van der Waals surface area contributed by atoms with Crippen molar-refractivity contribution in [2.75, 3.05) is 5.32 Å². The molecular formula is C13H14FN3OS. The SMILES string of the molecule is Cc1ncsc1C(C)Nc1ccc(F)c(C(N)=O)c1. The lowest BCUT2D eigenvalue weighted by Gasteiger charge is -2.15. The fraction of sp³-hybridized carbons (Fsp3) is 0.231. The molecule has 3 N–H and O–H groups in total.